The third kappa shape index (κ3) is 2.12. The summed E-state index contributed by atoms with van der Waals surface area (Å²) in [5.41, 5.74) is 0.797. The van der Waals surface area contributed by atoms with Crippen molar-refractivity contribution in [2.45, 2.75) is 6.54 Å². The first-order valence-corrected chi connectivity index (χ1v) is 4.63. The van der Waals surface area contributed by atoms with Gasteiger partial charge in [0.15, 0.2) is 0 Å². The van der Waals surface area contributed by atoms with Crippen LogP contribution in [0.1, 0.15) is 5.56 Å². The van der Waals surface area contributed by atoms with E-state index in [-0.39, 0.29) is 5.75 Å². The maximum atomic E-state index is 9.42. The summed E-state index contributed by atoms with van der Waals surface area (Å²) in [7, 11) is 1.81. The van der Waals surface area contributed by atoms with Gasteiger partial charge < -0.3 is 10.4 Å². The van der Waals surface area contributed by atoms with Crippen LogP contribution in [0.5, 0.6) is 5.75 Å². The van der Waals surface area contributed by atoms with E-state index in [0.717, 1.165) is 5.56 Å². The number of hydrogen-bond acceptors (Lipinski definition) is 2. The molecule has 0 fully saturated rings. The van der Waals surface area contributed by atoms with Crippen LogP contribution in [0.15, 0.2) is 16.6 Å². The normalized spacial score (nSPS) is 10.2. The first-order valence-electron chi connectivity index (χ1n) is 3.46. The molecule has 66 valence electrons. The summed E-state index contributed by atoms with van der Waals surface area (Å²) in [5.74, 6) is 0.251. The fourth-order valence-corrected chi connectivity index (χ4v) is 1.43. The van der Waals surface area contributed by atoms with Crippen LogP contribution in [-0.4, -0.2) is 12.2 Å². The molecular weight excluding hydrogens is 241 g/mol. The summed E-state index contributed by atoms with van der Waals surface area (Å²) in [6.07, 6.45) is 0. The number of hydrogen-bond donors (Lipinski definition) is 2. The second kappa shape index (κ2) is 4.12. The number of benzene rings is 1. The molecule has 0 amide bonds. The first-order chi connectivity index (χ1) is 5.65. The van der Waals surface area contributed by atoms with E-state index in [9.17, 15) is 5.11 Å². The molecule has 0 aliphatic heterocycles. The summed E-state index contributed by atoms with van der Waals surface area (Å²) < 4.78 is 0.710. The summed E-state index contributed by atoms with van der Waals surface area (Å²) in [5, 5.41) is 13.0. The van der Waals surface area contributed by atoms with Gasteiger partial charge in [0.1, 0.15) is 5.75 Å². The summed E-state index contributed by atoms with van der Waals surface area (Å²) >= 11 is 9.05. The minimum absolute atomic E-state index is 0.251. The second-order valence-electron chi connectivity index (χ2n) is 2.43. The van der Waals surface area contributed by atoms with E-state index in [0.29, 0.717) is 16.0 Å². The molecule has 0 aliphatic rings. The van der Waals surface area contributed by atoms with E-state index in [1.54, 1.807) is 12.1 Å². The molecule has 1 aromatic rings. The lowest BCUT2D eigenvalue weighted by atomic mass is 10.2. The van der Waals surface area contributed by atoms with Crippen molar-refractivity contribution >= 4 is 27.5 Å². The van der Waals surface area contributed by atoms with Crippen molar-refractivity contribution in [3.8, 4) is 5.75 Å². The van der Waals surface area contributed by atoms with Gasteiger partial charge in [-0.05, 0) is 35.1 Å². The smallest absolute Gasteiger partial charge is 0.121 e. The lowest BCUT2D eigenvalue weighted by Gasteiger charge is -2.05. The van der Waals surface area contributed by atoms with Gasteiger partial charge in [-0.2, -0.15) is 0 Å². The van der Waals surface area contributed by atoms with Gasteiger partial charge in [-0.15, -0.1) is 0 Å². The molecule has 0 bridgehead atoms. The quantitative estimate of drug-likeness (QED) is 0.845. The van der Waals surface area contributed by atoms with Crippen molar-refractivity contribution in [3.63, 3.8) is 0 Å². The lowest BCUT2D eigenvalue weighted by molar-refractivity contribution is 0.466. The van der Waals surface area contributed by atoms with Crippen LogP contribution in [0.3, 0.4) is 0 Å². The maximum absolute atomic E-state index is 9.42. The van der Waals surface area contributed by atoms with Gasteiger partial charge >= 0.3 is 0 Å². The maximum Gasteiger partial charge on any atom is 0.121 e. The van der Waals surface area contributed by atoms with Gasteiger partial charge in [0.05, 0.1) is 5.02 Å². The average molecular weight is 251 g/mol. The molecule has 1 aromatic carbocycles. The molecule has 0 saturated carbocycles. The van der Waals surface area contributed by atoms with E-state index in [1.165, 1.54) is 0 Å². The van der Waals surface area contributed by atoms with Gasteiger partial charge in [0.2, 0.25) is 0 Å². The summed E-state index contributed by atoms with van der Waals surface area (Å²) in [6, 6.07) is 3.33. The van der Waals surface area contributed by atoms with E-state index in [4.69, 9.17) is 11.6 Å². The zero-order valence-electron chi connectivity index (χ0n) is 6.56. The number of halogens is 2. The first kappa shape index (κ1) is 9.84. The Hall–Kier alpha value is -0.250. The van der Waals surface area contributed by atoms with E-state index < -0.39 is 0 Å². The predicted molar refractivity (Wildman–Crippen MR) is 53.6 cm³/mol. The number of phenols is 1. The zero-order chi connectivity index (χ0) is 9.14. The van der Waals surface area contributed by atoms with Crippen LogP contribution < -0.4 is 5.32 Å². The topological polar surface area (TPSA) is 32.3 Å². The average Bonchev–Trinajstić information content (AvgIpc) is 2.01. The number of rotatable bonds is 2. The van der Waals surface area contributed by atoms with Gasteiger partial charge in [-0.25, -0.2) is 0 Å². The van der Waals surface area contributed by atoms with Gasteiger partial charge in [0, 0.05) is 16.6 Å². The van der Waals surface area contributed by atoms with Crippen LogP contribution in [0.25, 0.3) is 0 Å². The number of nitrogens with one attached hydrogen (secondary N) is 1. The molecule has 4 heteroatoms. The molecule has 2 N–H and O–H groups in total. The SMILES string of the molecule is CNCc1cc(Cl)c(Br)cc1O. The highest BCUT2D eigenvalue weighted by molar-refractivity contribution is 9.10. The summed E-state index contributed by atoms with van der Waals surface area (Å²) in [4.78, 5) is 0. The Morgan fingerprint density at radius 3 is 2.83 bits per heavy atom. The van der Waals surface area contributed by atoms with E-state index >= 15 is 0 Å². The number of phenolic OH excluding ortho intramolecular Hbond substituents is 1. The fraction of sp³-hybridized carbons (Fsp3) is 0.250. The highest BCUT2D eigenvalue weighted by Gasteiger charge is 2.04. The molecule has 0 heterocycles. The fourth-order valence-electron chi connectivity index (χ4n) is 0.910. The minimum atomic E-state index is 0.251. The molecule has 0 radical (unpaired) electrons. The zero-order valence-corrected chi connectivity index (χ0v) is 8.91. The third-order valence-electron chi connectivity index (χ3n) is 1.49. The Morgan fingerprint density at radius 2 is 2.25 bits per heavy atom. The second-order valence-corrected chi connectivity index (χ2v) is 3.69. The monoisotopic (exact) mass is 249 g/mol. The molecule has 0 aromatic heterocycles. The predicted octanol–water partition coefficient (Wildman–Crippen LogP) is 2.53. The largest absolute Gasteiger partial charge is 0.508 e. The molecule has 12 heavy (non-hydrogen) atoms. The molecule has 0 spiro atoms. The molecular formula is C8H9BrClNO. The van der Waals surface area contributed by atoms with Crippen molar-refractivity contribution in [1.29, 1.82) is 0 Å². The van der Waals surface area contributed by atoms with Crippen LogP contribution in [0.4, 0.5) is 0 Å². The van der Waals surface area contributed by atoms with Gasteiger partial charge in [-0.1, -0.05) is 11.6 Å². The van der Waals surface area contributed by atoms with Crippen molar-refractivity contribution < 1.29 is 5.11 Å². The Kier molecular flexibility index (Phi) is 3.38. The third-order valence-corrected chi connectivity index (χ3v) is 2.69. The molecule has 0 atom stereocenters. The molecule has 1 rings (SSSR count). The van der Waals surface area contributed by atoms with Gasteiger partial charge in [-0.3, -0.25) is 0 Å². The number of aromatic hydroxyl groups is 1. The Balaban J connectivity index is 3.05. The Morgan fingerprint density at radius 1 is 1.58 bits per heavy atom. The molecule has 2 nitrogen and oxygen atoms in total. The minimum Gasteiger partial charge on any atom is -0.508 e. The Labute approximate surface area is 84.7 Å². The lowest BCUT2D eigenvalue weighted by Crippen LogP contribution is -2.05. The van der Waals surface area contributed by atoms with E-state index in [1.807, 2.05) is 7.05 Å². The highest BCUT2D eigenvalue weighted by Crippen LogP contribution is 2.29. The molecule has 0 unspecified atom stereocenters. The van der Waals surface area contributed by atoms with E-state index in [2.05, 4.69) is 21.2 Å². The van der Waals surface area contributed by atoms with Crippen molar-refractivity contribution in [2.75, 3.05) is 7.05 Å². The van der Waals surface area contributed by atoms with Crippen molar-refractivity contribution in [2.24, 2.45) is 0 Å². The van der Waals surface area contributed by atoms with Crippen LogP contribution in [0, 0.1) is 0 Å². The van der Waals surface area contributed by atoms with Crippen LogP contribution >= 0.6 is 27.5 Å². The Bertz CT molecular complexity index is 291. The van der Waals surface area contributed by atoms with Crippen molar-refractivity contribution in [3.05, 3.63) is 27.2 Å². The molecule has 0 saturated heterocycles. The standard InChI is InChI=1S/C8H9BrClNO/c1-11-4-5-2-7(10)6(9)3-8(5)12/h2-3,11-12H,4H2,1H3. The van der Waals surface area contributed by atoms with Crippen LogP contribution in [0.2, 0.25) is 5.02 Å². The van der Waals surface area contributed by atoms with Crippen molar-refractivity contribution in [1.82, 2.24) is 5.32 Å². The highest BCUT2D eigenvalue weighted by atomic mass is 79.9. The molecule has 0 aliphatic carbocycles. The van der Waals surface area contributed by atoms with Crippen LogP contribution in [-0.2, 0) is 6.54 Å². The summed E-state index contributed by atoms with van der Waals surface area (Å²) in [6.45, 7) is 0.610. The van der Waals surface area contributed by atoms with Gasteiger partial charge in [0.25, 0.3) is 0 Å².